The summed E-state index contributed by atoms with van der Waals surface area (Å²) in [5.74, 6) is 0. The molecule has 2 heteroatoms. The van der Waals surface area contributed by atoms with Crippen LogP contribution in [0.15, 0.2) is 22.9 Å². The summed E-state index contributed by atoms with van der Waals surface area (Å²) in [5.41, 5.74) is 3.38. The van der Waals surface area contributed by atoms with Gasteiger partial charge in [-0.2, -0.15) is 0 Å². The molecular formula is C9H13NO. The second-order valence-electron chi connectivity index (χ2n) is 2.88. The van der Waals surface area contributed by atoms with Gasteiger partial charge in [0, 0.05) is 5.56 Å². The van der Waals surface area contributed by atoms with Gasteiger partial charge >= 0.3 is 0 Å². The van der Waals surface area contributed by atoms with Gasteiger partial charge in [-0.25, -0.2) is 0 Å². The van der Waals surface area contributed by atoms with E-state index in [4.69, 9.17) is 4.52 Å². The molecule has 0 aliphatic rings. The molecule has 1 rings (SSSR count). The van der Waals surface area contributed by atoms with Crippen molar-refractivity contribution in [3.8, 4) is 0 Å². The maximum Gasteiger partial charge on any atom is 0.127 e. The van der Waals surface area contributed by atoms with E-state index in [-0.39, 0.29) is 0 Å². The van der Waals surface area contributed by atoms with E-state index in [0.717, 1.165) is 18.5 Å². The highest BCUT2D eigenvalue weighted by Gasteiger charge is 2.01. The van der Waals surface area contributed by atoms with Crippen LogP contribution in [0.25, 0.3) is 0 Å². The Morgan fingerprint density at radius 1 is 1.73 bits per heavy atom. The van der Waals surface area contributed by atoms with Gasteiger partial charge in [0.25, 0.3) is 0 Å². The monoisotopic (exact) mass is 151 g/mol. The van der Waals surface area contributed by atoms with Gasteiger partial charge in [-0.05, 0) is 26.7 Å². The summed E-state index contributed by atoms with van der Waals surface area (Å²) in [6, 6.07) is 0. The minimum absolute atomic E-state index is 0.991. The van der Waals surface area contributed by atoms with E-state index >= 15 is 0 Å². The smallest absolute Gasteiger partial charge is 0.127 e. The second kappa shape index (κ2) is 3.37. The molecule has 0 unspecified atom stereocenters. The zero-order valence-corrected chi connectivity index (χ0v) is 7.05. The Balaban J connectivity index is 2.51. The van der Waals surface area contributed by atoms with Crippen molar-refractivity contribution in [1.29, 1.82) is 0 Å². The predicted octanol–water partition coefficient (Wildman–Crippen LogP) is 2.49. The molecular weight excluding hydrogens is 138 g/mol. The van der Waals surface area contributed by atoms with Gasteiger partial charge < -0.3 is 4.52 Å². The molecule has 0 atom stereocenters. The highest BCUT2D eigenvalue weighted by atomic mass is 16.5. The fourth-order valence-corrected chi connectivity index (χ4v) is 0.901. The molecule has 0 aliphatic heterocycles. The molecule has 0 radical (unpaired) electrons. The Kier molecular flexibility index (Phi) is 2.47. The number of aromatic nitrogens is 1. The molecule has 0 spiro atoms. The predicted molar refractivity (Wildman–Crippen MR) is 44.4 cm³/mol. The zero-order valence-electron chi connectivity index (χ0n) is 7.05. The Hall–Kier alpha value is -1.05. The van der Waals surface area contributed by atoms with Crippen molar-refractivity contribution in [2.24, 2.45) is 0 Å². The van der Waals surface area contributed by atoms with Crippen molar-refractivity contribution >= 4 is 0 Å². The Morgan fingerprint density at radius 3 is 2.91 bits per heavy atom. The lowest BCUT2D eigenvalue weighted by molar-refractivity contribution is 0.414. The minimum Gasteiger partial charge on any atom is -0.364 e. The lowest BCUT2D eigenvalue weighted by Crippen LogP contribution is -1.86. The maximum atomic E-state index is 4.80. The third-order valence-corrected chi connectivity index (χ3v) is 1.67. The van der Waals surface area contributed by atoms with Crippen molar-refractivity contribution in [2.45, 2.75) is 26.7 Å². The van der Waals surface area contributed by atoms with E-state index in [0.29, 0.717) is 0 Å². The summed E-state index contributed by atoms with van der Waals surface area (Å²) in [6.45, 7) is 7.82. The van der Waals surface area contributed by atoms with Crippen LogP contribution in [-0.2, 0) is 6.42 Å². The first-order chi connectivity index (χ1) is 5.20. The molecule has 1 aromatic heterocycles. The van der Waals surface area contributed by atoms with Gasteiger partial charge in [0.1, 0.15) is 6.26 Å². The van der Waals surface area contributed by atoms with Gasteiger partial charge in [-0.3, -0.25) is 0 Å². The molecule has 0 amide bonds. The number of aryl methyl sites for hydroxylation is 2. The molecule has 60 valence electrons. The largest absolute Gasteiger partial charge is 0.364 e. The highest BCUT2D eigenvalue weighted by molar-refractivity contribution is 5.13. The fourth-order valence-electron chi connectivity index (χ4n) is 0.901. The van der Waals surface area contributed by atoms with Gasteiger partial charge in [0.15, 0.2) is 0 Å². The summed E-state index contributed by atoms with van der Waals surface area (Å²) in [7, 11) is 0. The second-order valence-corrected chi connectivity index (χ2v) is 2.88. The molecule has 0 aromatic carbocycles. The molecule has 0 bridgehead atoms. The van der Waals surface area contributed by atoms with Gasteiger partial charge in [0.2, 0.25) is 0 Å². The van der Waals surface area contributed by atoms with Gasteiger partial charge in [-0.15, -0.1) is 6.58 Å². The van der Waals surface area contributed by atoms with Crippen LogP contribution in [0.2, 0.25) is 0 Å². The van der Waals surface area contributed by atoms with Crippen LogP contribution in [-0.4, -0.2) is 5.16 Å². The first kappa shape index (κ1) is 8.05. The lowest BCUT2D eigenvalue weighted by Gasteiger charge is -1.95. The summed E-state index contributed by atoms with van der Waals surface area (Å²) in [6.07, 6.45) is 3.71. The van der Waals surface area contributed by atoms with Crippen molar-refractivity contribution in [1.82, 2.24) is 5.16 Å². The zero-order chi connectivity index (χ0) is 8.27. The number of allylic oxidation sites excluding steroid dienone is 1. The summed E-state index contributed by atoms with van der Waals surface area (Å²) in [4.78, 5) is 0. The molecule has 0 fully saturated rings. The van der Waals surface area contributed by atoms with E-state index in [1.54, 1.807) is 6.26 Å². The average Bonchev–Trinajstić information content (AvgIpc) is 2.31. The van der Waals surface area contributed by atoms with Crippen LogP contribution in [0.3, 0.4) is 0 Å². The Bertz CT molecular complexity index is 250. The molecule has 0 saturated heterocycles. The topological polar surface area (TPSA) is 26.0 Å². The van der Waals surface area contributed by atoms with E-state index < -0.39 is 0 Å². The normalized spacial score (nSPS) is 10.0. The standard InChI is InChI=1S/C9H13NO/c1-7(2)4-5-9-6-11-10-8(9)3/h6H,1,4-5H2,2-3H3. The van der Waals surface area contributed by atoms with Crippen molar-refractivity contribution in [3.05, 3.63) is 29.7 Å². The van der Waals surface area contributed by atoms with Crippen molar-refractivity contribution in [2.75, 3.05) is 0 Å². The Labute approximate surface area is 66.9 Å². The number of rotatable bonds is 3. The SMILES string of the molecule is C=C(C)CCc1conc1C. The fraction of sp³-hybridized carbons (Fsp3) is 0.444. The summed E-state index contributed by atoms with van der Waals surface area (Å²) in [5, 5.41) is 3.79. The number of hydrogen-bond donors (Lipinski definition) is 0. The quantitative estimate of drug-likeness (QED) is 0.620. The van der Waals surface area contributed by atoms with Crippen LogP contribution < -0.4 is 0 Å². The molecule has 0 aliphatic carbocycles. The van der Waals surface area contributed by atoms with Crippen LogP contribution in [0, 0.1) is 6.92 Å². The van der Waals surface area contributed by atoms with Crippen LogP contribution in [0.1, 0.15) is 24.6 Å². The summed E-state index contributed by atoms with van der Waals surface area (Å²) < 4.78 is 4.80. The Morgan fingerprint density at radius 2 is 2.45 bits per heavy atom. The first-order valence-electron chi connectivity index (χ1n) is 3.74. The molecule has 1 aromatic rings. The van der Waals surface area contributed by atoms with Crippen molar-refractivity contribution < 1.29 is 4.52 Å². The number of hydrogen-bond acceptors (Lipinski definition) is 2. The van der Waals surface area contributed by atoms with Gasteiger partial charge in [0.05, 0.1) is 5.69 Å². The maximum absolute atomic E-state index is 4.80. The van der Waals surface area contributed by atoms with E-state index in [1.807, 2.05) is 13.8 Å². The van der Waals surface area contributed by atoms with Crippen LogP contribution in [0.4, 0.5) is 0 Å². The molecule has 11 heavy (non-hydrogen) atoms. The van der Waals surface area contributed by atoms with E-state index in [1.165, 1.54) is 11.1 Å². The summed E-state index contributed by atoms with van der Waals surface area (Å²) >= 11 is 0. The minimum atomic E-state index is 0.991. The van der Waals surface area contributed by atoms with Crippen molar-refractivity contribution in [3.63, 3.8) is 0 Å². The van der Waals surface area contributed by atoms with Gasteiger partial charge in [-0.1, -0.05) is 10.7 Å². The first-order valence-corrected chi connectivity index (χ1v) is 3.74. The molecule has 1 heterocycles. The molecule has 0 saturated carbocycles. The van der Waals surface area contributed by atoms with E-state index in [9.17, 15) is 0 Å². The van der Waals surface area contributed by atoms with Crippen LogP contribution in [0.5, 0.6) is 0 Å². The third-order valence-electron chi connectivity index (χ3n) is 1.67. The number of nitrogens with zero attached hydrogens (tertiary/aromatic N) is 1. The third kappa shape index (κ3) is 2.22. The average molecular weight is 151 g/mol. The highest BCUT2D eigenvalue weighted by Crippen LogP contribution is 2.10. The van der Waals surface area contributed by atoms with E-state index in [2.05, 4.69) is 11.7 Å². The molecule has 2 nitrogen and oxygen atoms in total. The molecule has 0 N–H and O–H groups in total. The van der Waals surface area contributed by atoms with Crippen LogP contribution >= 0.6 is 0 Å². The lowest BCUT2D eigenvalue weighted by atomic mass is 10.1.